The molecule has 0 unspecified atom stereocenters. The highest BCUT2D eigenvalue weighted by Crippen LogP contribution is 2.43. The Morgan fingerprint density at radius 3 is 2.47 bits per heavy atom. The van der Waals surface area contributed by atoms with Gasteiger partial charge < -0.3 is 15.2 Å². The smallest absolute Gasteiger partial charge is 0.251 e. The van der Waals surface area contributed by atoms with E-state index in [1.54, 1.807) is 7.11 Å². The lowest BCUT2D eigenvalue weighted by Gasteiger charge is -2.39. The van der Waals surface area contributed by atoms with Crippen LogP contribution in [0.2, 0.25) is 0 Å². The molecule has 4 nitrogen and oxygen atoms in total. The van der Waals surface area contributed by atoms with Gasteiger partial charge in [-0.3, -0.25) is 4.79 Å². The van der Waals surface area contributed by atoms with Crippen LogP contribution in [-0.2, 0) is 10.3 Å². The van der Waals surface area contributed by atoms with E-state index in [1.165, 1.54) is 51.4 Å². The van der Waals surface area contributed by atoms with E-state index >= 15 is 0 Å². The molecule has 0 saturated heterocycles. The summed E-state index contributed by atoms with van der Waals surface area (Å²) in [5, 5.41) is 15.4. The third-order valence-corrected chi connectivity index (χ3v) is 8.38. The second-order valence-corrected chi connectivity index (χ2v) is 11.0. The van der Waals surface area contributed by atoms with Crippen molar-refractivity contribution in [3.8, 4) is 0 Å². The SMILES string of the molecule is CCC[C@H](CC1CCCCC1)NC(=O)c1cccc([C@@](O)(CCCCOC)C2CCCCC2)c1. The van der Waals surface area contributed by atoms with Gasteiger partial charge in [-0.2, -0.15) is 0 Å². The third-order valence-electron chi connectivity index (χ3n) is 8.38. The number of carbonyl (C=O) groups excluding carboxylic acids is 1. The van der Waals surface area contributed by atoms with Gasteiger partial charge in [-0.05, 0) is 74.5 Å². The molecular weight excluding hydrogens is 422 g/mol. The average Bonchev–Trinajstić information content (AvgIpc) is 2.88. The molecule has 2 fully saturated rings. The zero-order chi connectivity index (χ0) is 24.2. The van der Waals surface area contributed by atoms with Crippen molar-refractivity contribution in [2.45, 2.75) is 121 Å². The second-order valence-electron chi connectivity index (χ2n) is 11.0. The van der Waals surface area contributed by atoms with Crippen molar-refractivity contribution < 1.29 is 14.6 Å². The van der Waals surface area contributed by atoms with Gasteiger partial charge in [0.2, 0.25) is 0 Å². The van der Waals surface area contributed by atoms with Gasteiger partial charge in [-0.15, -0.1) is 0 Å². The lowest BCUT2D eigenvalue weighted by molar-refractivity contribution is -0.0487. The van der Waals surface area contributed by atoms with Crippen molar-refractivity contribution in [1.29, 1.82) is 0 Å². The number of amides is 1. The number of nitrogens with one attached hydrogen (secondary N) is 1. The first kappa shape index (κ1) is 27.2. The number of unbranched alkanes of at least 4 members (excludes halogenated alkanes) is 1. The normalized spacial score (nSPS) is 20.6. The highest BCUT2D eigenvalue weighted by Gasteiger charge is 2.38. The van der Waals surface area contributed by atoms with Gasteiger partial charge in [0.1, 0.15) is 0 Å². The second kappa shape index (κ2) is 14.2. The van der Waals surface area contributed by atoms with E-state index in [9.17, 15) is 9.90 Å². The van der Waals surface area contributed by atoms with E-state index in [-0.39, 0.29) is 17.9 Å². The van der Waals surface area contributed by atoms with E-state index in [4.69, 9.17) is 4.74 Å². The lowest BCUT2D eigenvalue weighted by Crippen LogP contribution is -2.38. The van der Waals surface area contributed by atoms with Crippen LogP contribution < -0.4 is 5.32 Å². The van der Waals surface area contributed by atoms with Gasteiger partial charge in [0.05, 0.1) is 5.60 Å². The quantitative estimate of drug-likeness (QED) is 0.301. The van der Waals surface area contributed by atoms with E-state index in [1.807, 2.05) is 24.3 Å². The summed E-state index contributed by atoms with van der Waals surface area (Å²) >= 11 is 0. The van der Waals surface area contributed by atoms with Crippen molar-refractivity contribution in [3.05, 3.63) is 35.4 Å². The molecule has 2 aliphatic carbocycles. The van der Waals surface area contributed by atoms with Crippen molar-refractivity contribution in [3.63, 3.8) is 0 Å². The molecule has 0 aromatic heterocycles. The predicted octanol–water partition coefficient (Wildman–Crippen LogP) is 7.14. The number of hydrogen-bond acceptors (Lipinski definition) is 3. The van der Waals surface area contributed by atoms with E-state index in [0.717, 1.165) is 69.5 Å². The minimum absolute atomic E-state index is 0.0153. The highest BCUT2D eigenvalue weighted by molar-refractivity contribution is 5.94. The fourth-order valence-electron chi connectivity index (χ4n) is 6.43. The Morgan fingerprint density at radius 1 is 1.09 bits per heavy atom. The summed E-state index contributed by atoms with van der Waals surface area (Å²) in [5.74, 6) is 1.03. The lowest BCUT2D eigenvalue weighted by atomic mass is 9.71. The molecule has 0 radical (unpaired) electrons. The molecule has 0 spiro atoms. The number of carbonyl (C=O) groups is 1. The Morgan fingerprint density at radius 2 is 1.79 bits per heavy atom. The summed E-state index contributed by atoms with van der Waals surface area (Å²) in [6.45, 7) is 2.93. The number of methoxy groups -OCH3 is 1. The van der Waals surface area contributed by atoms with Crippen LogP contribution in [0.4, 0.5) is 0 Å². The van der Waals surface area contributed by atoms with E-state index in [0.29, 0.717) is 5.56 Å². The summed E-state index contributed by atoms with van der Waals surface area (Å²) in [6, 6.07) is 8.13. The Balaban J connectivity index is 1.72. The molecular formula is C30H49NO3. The molecule has 0 bridgehead atoms. The molecule has 192 valence electrons. The minimum Gasteiger partial charge on any atom is -0.385 e. The molecule has 2 aliphatic rings. The first-order valence-corrected chi connectivity index (χ1v) is 14.2. The molecule has 0 heterocycles. The number of hydrogen-bond donors (Lipinski definition) is 2. The van der Waals surface area contributed by atoms with Crippen molar-refractivity contribution in [2.24, 2.45) is 11.8 Å². The van der Waals surface area contributed by atoms with Crippen LogP contribution in [0.25, 0.3) is 0 Å². The first-order valence-electron chi connectivity index (χ1n) is 14.2. The molecule has 4 heteroatoms. The van der Waals surface area contributed by atoms with Gasteiger partial charge in [0.15, 0.2) is 0 Å². The van der Waals surface area contributed by atoms with Gasteiger partial charge >= 0.3 is 0 Å². The third kappa shape index (κ3) is 7.81. The van der Waals surface area contributed by atoms with Gasteiger partial charge in [0.25, 0.3) is 5.91 Å². The summed E-state index contributed by atoms with van der Waals surface area (Å²) in [6.07, 6.45) is 18.2. The molecule has 2 atom stereocenters. The Hall–Kier alpha value is -1.39. The van der Waals surface area contributed by atoms with Crippen LogP contribution >= 0.6 is 0 Å². The topological polar surface area (TPSA) is 58.6 Å². The molecule has 3 rings (SSSR count). The standard InChI is InChI=1S/C30H49NO3/c1-3-13-28(22-24-14-6-4-7-15-24)31-29(32)25-16-12-19-27(23-25)30(33,20-10-11-21-34-2)26-17-8-5-9-18-26/h12,16,19,23-24,26,28,33H,3-11,13-15,17-18,20-22H2,1-2H3,(H,31,32)/t28-,30-/m1/s1. The maximum Gasteiger partial charge on any atom is 0.251 e. The van der Waals surface area contributed by atoms with Gasteiger partial charge in [-0.25, -0.2) is 0 Å². The highest BCUT2D eigenvalue weighted by atomic mass is 16.5. The van der Waals surface area contributed by atoms with Crippen molar-refractivity contribution in [1.82, 2.24) is 5.32 Å². The summed E-state index contributed by atoms with van der Waals surface area (Å²) in [4.78, 5) is 13.3. The fraction of sp³-hybridized carbons (Fsp3) is 0.767. The van der Waals surface area contributed by atoms with Crippen molar-refractivity contribution >= 4 is 5.91 Å². The van der Waals surface area contributed by atoms with Gasteiger partial charge in [0, 0.05) is 25.3 Å². The number of benzene rings is 1. The van der Waals surface area contributed by atoms with Gasteiger partial charge in [-0.1, -0.05) is 76.8 Å². The van der Waals surface area contributed by atoms with E-state index < -0.39 is 5.60 Å². The molecule has 2 N–H and O–H groups in total. The predicted molar refractivity (Wildman–Crippen MR) is 140 cm³/mol. The number of aliphatic hydroxyl groups is 1. The maximum atomic E-state index is 13.3. The number of ether oxygens (including phenoxy) is 1. The average molecular weight is 472 g/mol. The molecule has 1 aromatic carbocycles. The largest absolute Gasteiger partial charge is 0.385 e. The molecule has 1 aromatic rings. The van der Waals surface area contributed by atoms with Crippen LogP contribution in [-0.4, -0.2) is 30.8 Å². The van der Waals surface area contributed by atoms with Crippen molar-refractivity contribution in [2.75, 3.05) is 13.7 Å². The van der Waals surface area contributed by atoms with E-state index in [2.05, 4.69) is 12.2 Å². The van der Waals surface area contributed by atoms with Crippen LogP contribution in [0.15, 0.2) is 24.3 Å². The summed E-state index contributed by atoms with van der Waals surface area (Å²) in [7, 11) is 1.73. The summed E-state index contributed by atoms with van der Waals surface area (Å²) in [5.41, 5.74) is 0.743. The molecule has 1 amide bonds. The zero-order valence-corrected chi connectivity index (χ0v) is 21.8. The Labute approximate surface area is 208 Å². The Bertz CT molecular complexity index is 724. The minimum atomic E-state index is -0.866. The molecule has 2 saturated carbocycles. The molecule has 0 aliphatic heterocycles. The monoisotopic (exact) mass is 471 g/mol. The fourth-order valence-corrected chi connectivity index (χ4v) is 6.43. The Kier molecular flexibility index (Phi) is 11.4. The summed E-state index contributed by atoms with van der Waals surface area (Å²) < 4.78 is 5.23. The van der Waals surface area contributed by atoms with Crippen LogP contribution in [0.1, 0.15) is 126 Å². The molecule has 34 heavy (non-hydrogen) atoms. The number of rotatable bonds is 13. The zero-order valence-electron chi connectivity index (χ0n) is 21.8. The first-order chi connectivity index (χ1) is 16.6. The van der Waals surface area contributed by atoms with Crippen LogP contribution in [0, 0.1) is 11.8 Å². The van der Waals surface area contributed by atoms with Crippen LogP contribution in [0.3, 0.4) is 0 Å². The van der Waals surface area contributed by atoms with Crippen LogP contribution in [0.5, 0.6) is 0 Å². The maximum absolute atomic E-state index is 13.3.